The molecule has 0 spiro atoms. The molecule has 0 saturated carbocycles. The number of anilines is 1. The number of morpholine rings is 1. The lowest BCUT2D eigenvalue weighted by molar-refractivity contribution is 0.0398. The van der Waals surface area contributed by atoms with Gasteiger partial charge in [-0.15, -0.1) is 0 Å². The Labute approximate surface area is 157 Å². The number of carboxylic acids is 1. The first-order valence-electron chi connectivity index (χ1n) is 9.07. The number of nitrogens with one attached hydrogen (secondary N) is 1. The van der Waals surface area contributed by atoms with E-state index >= 15 is 0 Å². The molecule has 7 heteroatoms. The predicted octanol–water partition coefficient (Wildman–Crippen LogP) is 2.44. The van der Waals surface area contributed by atoms with Gasteiger partial charge in [0.1, 0.15) is 5.82 Å². The number of rotatable bonds is 6. The molecule has 0 aliphatic carbocycles. The molecular formula is C20H22N4O3. The van der Waals surface area contributed by atoms with Gasteiger partial charge in [0.05, 0.1) is 18.7 Å². The normalized spacial score (nSPS) is 15.1. The highest BCUT2D eigenvalue weighted by atomic mass is 16.5. The maximum Gasteiger partial charge on any atom is 0.356 e. The Bertz CT molecular complexity index is 933. The second-order valence-corrected chi connectivity index (χ2v) is 6.55. The SMILES string of the molecule is O=C(O)c1cc2cc(-c3ccccc3)cc(NCCN3CCOCC3)n2n1. The van der Waals surface area contributed by atoms with Gasteiger partial charge in [0, 0.05) is 26.2 Å². The van der Waals surface area contributed by atoms with E-state index in [2.05, 4.69) is 15.3 Å². The molecular weight excluding hydrogens is 344 g/mol. The van der Waals surface area contributed by atoms with Crippen molar-refractivity contribution in [1.82, 2.24) is 14.5 Å². The van der Waals surface area contributed by atoms with Crippen molar-refractivity contribution < 1.29 is 14.6 Å². The van der Waals surface area contributed by atoms with Crippen LogP contribution in [0.1, 0.15) is 10.5 Å². The van der Waals surface area contributed by atoms with E-state index in [1.54, 1.807) is 10.6 Å². The number of benzene rings is 1. The van der Waals surface area contributed by atoms with E-state index in [9.17, 15) is 9.90 Å². The highest BCUT2D eigenvalue weighted by Gasteiger charge is 2.14. The molecule has 140 valence electrons. The molecule has 1 aliphatic heterocycles. The fourth-order valence-electron chi connectivity index (χ4n) is 3.30. The third kappa shape index (κ3) is 3.94. The number of carbonyl (C=O) groups is 1. The Morgan fingerprint density at radius 1 is 1.11 bits per heavy atom. The summed E-state index contributed by atoms with van der Waals surface area (Å²) in [6.45, 7) is 5.06. The van der Waals surface area contributed by atoms with Crippen LogP contribution in [0.5, 0.6) is 0 Å². The summed E-state index contributed by atoms with van der Waals surface area (Å²) in [5, 5.41) is 17.0. The van der Waals surface area contributed by atoms with Crippen LogP contribution < -0.4 is 5.32 Å². The molecule has 3 aromatic rings. The number of carboxylic acid groups (broad SMARTS) is 1. The number of nitrogens with zero attached hydrogens (tertiary/aromatic N) is 3. The van der Waals surface area contributed by atoms with E-state index < -0.39 is 5.97 Å². The Morgan fingerprint density at radius 2 is 1.89 bits per heavy atom. The molecule has 1 fully saturated rings. The first-order valence-corrected chi connectivity index (χ1v) is 9.07. The maximum absolute atomic E-state index is 11.3. The van der Waals surface area contributed by atoms with Crippen LogP contribution in [0.15, 0.2) is 48.5 Å². The zero-order valence-corrected chi connectivity index (χ0v) is 15.0. The molecule has 0 unspecified atom stereocenters. The van der Waals surface area contributed by atoms with Crippen molar-refractivity contribution in [2.24, 2.45) is 0 Å². The number of pyridine rings is 1. The molecule has 0 radical (unpaired) electrons. The Balaban J connectivity index is 1.62. The molecule has 2 aromatic heterocycles. The fraction of sp³-hybridized carbons (Fsp3) is 0.300. The van der Waals surface area contributed by atoms with Crippen molar-refractivity contribution >= 4 is 17.3 Å². The van der Waals surface area contributed by atoms with Gasteiger partial charge in [-0.1, -0.05) is 30.3 Å². The number of hydrogen-bond acceptors (Lipinski definition) is 5. The van der Waals surface area contributed by atoms with Gasteiger partial charge in [0.25, 0.3) is 0 Å². The van der Waals surface area contributed by atoms with Crippen molar-refractivity contribution in [3.05, 3.63) is 54.2 Å². The van der Waals surface area contributed by atoms with Gasteiger partial charge in [-0.3, -0.25) is 4.90 Å². The number of ether oxygens (including phenoxy) is 1. The van der Waals surface area contributed by atoms with Crippen LogP contribution in [0.25, 0.3) is 16.6 Å². The smallest absolute Gasteiger partial charge is 0.356 e. The van der Waals surface area contributed by atoms with Crippen molar-refractivity contribution in [3.63, 3.8) is 0 Å². The van der Waals surface area contributed by atoms with Gasteiger partial charge in [-0.2, -0.15) is 5.10 Å². The van der Waals surface area contributed by atoms with Crippen LogP contribution in [0.2, 0.25) is 0 Å². The minimum absolute atomic E-state index is 0.0384. The van der Waals surface area contributed by atoms with E-state index in [-0.39, 0.29) is 5.69 Å². The van der Waals surface area contributed by atoms with Gasteiger partial charge in [-0.05, 0) is 29.3 Å². The molecule has 0 bridgehead atoms. The lowest BCUT2D eigenvalue weighted by atomic mass is 10.1. The van der Waals surface area contributed by atoms with Crippen molar-refractivity contribution in [2.45, 2.75) is 0 Å². The minimum Gasteiger partial charge on any atom is -0.476 e. The van der Waals surface area contributed by atoms with Crippen LogP contribution in [-0.4, -0.2) is 65.0 Å². The van der Waals surface area contributed by atoms with Crippen molar-refractivity contribution in [1.29, 1.82) is 0 Å². The van der Waals surface area contributed by atoms with Crippen LogP contribution in [-0.2, 0) is 4.74 Å². The van der Waals surface area contributed by atoms with Crippen molar-refractivity contribution in [3.8, 4) is 11.1 Å². The monoisotopic (exact) mass is 366 g/mol. The quantitative estimate of drug-likeness (QED) is 0.698. The average molecular weight is 366 g/mol. The van der Waals surface area contributed by atoms with Gasteiger partial charge in [0.2, 0.25) is 0 Å². The van der Waals surface area contributed by atoms with Gasteiger partial charge in [0.15, 0.2) is 5.69 Å². The molecule has 27 heavy (non-hydrogen) atoms. The zero-order chi connectivity index (χ0) is 18.6. The first-order chi connectivity index (χ1) is 13.2. The summed E-state index contributed by atoms with van der Waals surface area (Å²) >= 11 is 0. The van der Waals surface area contributed by atoms with E-state index in [1.165, 1.54) is 0 Å². The molecule has 1 aliphatic rings. The molecule has 3 heterocycles. The standard InChI is InChI=1S/C20H22N4O3/c25-20(26)18-14-17-12-16(15-4-2-1-3-5-15)13-19(24(17)22-18)21-6-7-23-8-10-27-11-9-23/h1-5,12-14,21H,6-11H2,(H,25,26). The topological polar surface area (TPSA) is 79.1 Å². The van der Waals surface area contributed by atoms with E-state index in [4.69, 9.17) is 4.74 Å². The summed E-state index contributed by atoms with van der Waals surface area (Å²) in [5.74, 6) is -0.244. The second kappa shape index (κ2) is 7.77. The van der Waals surface area contributed by atoms with Crippen LogP contribution in [0, 0.1) is 0 Å². The van der Waals surface area contributed by atoms with E-state index in [0.29, 0.717) is 0 Å². The first kappa shape index (κ1) is 17.5. The second-order valence-electron chi connectivity index (χ2n) is 6.55. The van der Waals surface area contributed by atoms with Gasteiger partial charge >= 0.3 is 5.97 Å². The summed E-state index contributed by atoms with van der Waals surface area (Å²) in [7, 11) is 0. The minimum atomic E-state index is -1.03. The third-order valence-electron chi connectivity index (χ3n) is 4.72. The number of aromatic carboxylic acids is 1. The molecule has 0 amide bonds. The third-order valence-corrected chi connectivity index (χ3v) is 4.72. The largest absolute Gasteiger partial charge is 0.476 e. The Kier molecular flexibility index (Phi) is 5.04. The Morgan fingerprint density at radius 3 is 2.63 bits per heavy atom. The molecule has 2 N–H and O–H groups in total. The maximum atomic E-state index is 11.3. The lowest BCUT2D eigenvalue weighted by Crippen LogP contribution is -2.39. The van der Waals surface area contributed by atoms with Crippen molar-refractivity contribution in [2.75, 3.05) is 44.7 Å². The number of fused-ring (bicyclic) bond motifs is 1. The predicted molar refractivity (Wildman–Crippen MR) is 103 cm³/mol. The molecule has 1 aromatic carbocycles. The van der Waals surface area contributed by atoms with Gasteiger partial charge < -0.3 is 15.2 Å². The molecule has 7 nitrogen and oxygen atoms in total. The molecule has 0 atom stereocenters. The number of hydrogen-bond donors (Lipinski definition) is 2. The summed E-state index contributed by atoms with van der Waals surface area (Å²) in [4.78, 5) is 13.7. The van der Waals surface area contributed by atoms with Gasteiger partial charge in [-0.25, -0.2) is 9.31 Å². The van der Waals surface area contributed by atoms with E-state index in [1.807, 2.05) is 42.5 Å². The fourth-order valence-corrected chi connectivity index (χ4v) is 3.30. The summed E-state index contributed by atoms with van der Waals surface area (Å²) in [5.41, 5.74) is 2.89. The van der Waals surface area contributed by atoms with Crippen LogP contribution in [0.3, 0.4) is 0 Å². The molecule has 1 saturated heterocycles. The van der Waals surface area contributed by atoms with Crippen LogP contribution >= 0.6 is 0 Å². The number of aromatic nitrogens is 2. The summed E-state index contributed by atoms with van der Waals surface area (Å²) in [6, 6.07) is 15.6. The Hall–Kier alpha value is -2.90. The zero-order valence-electron chi connectivity index (χ0n) is 15.0. The molecule has 4 rings (SSSR count). The summed E-state index contributed by atoms with van der Waals surface area (Å²) < 4.78 is 7.04. The van der Waals surface area contributed by atoms with E-state index in [0.717, 1.165) is 61.9 Å². The summed E-state index contributed by atoms with van der Waals surface area (Å²) in [6.07, 6.45) is 0. The highest BCUT2D eigenvalue weighted by Crippen LogP contribution is 2.25. The van der Waals surface area contributed by atoms with Crippen LogP contribution in [0.4, 0.5) is 5.82 Å². The highest BCUT2D eigenvalue weighted by molar-refractivity contribution is 5.88. The lowest BCUT2D eigenvalue weighted by Gasteiger charge is -2.26. The average Bonchev–Trinajstić information content (AvgIpc) is 3.14.